The first-order chi connectivity index (χ1) is 19.7. The monoisotopic (exact) mass is 619 g/mol. The molecule has 0 rings (SSSR count). The number of rotatable bonds is 21. The van der Waals surface area contributed by atoms with Gasteiger partial charge in [-0.05, 0) is 40.5 Å². The minimum absolute atomic E-state index is 0.0257. The van der Waals surface area contributed by atoms with Gasteiger partial charge in [-0.2, -0.15) is 5.26 Å². The van der Waals surface area contributed by atoms with Crippen LogP contribution in [0.2, 0.25) is 0 Å². The van der Waals surface area contributed by atoms with Crippen molar-refractivity contribution >= 4 is 32.3 Å². The Labute approximate surface area is 249 Å². The molecule has 0 spiro atoms. The van der Waals surface area contributed by atoms with Crippen LogP contribution in [-0.2, 0) is 47.2 Å². The lowest BCUT2D eigenvalue weighted by Gasteiger charge is -2.35. The predicted octanol–water partition coefficient (Wildman–Crippen LogP) is 3.19. The lowest BCUT2D eigenvalue weighted by atomic mass is 10.1. The van der Waals surface area contributed by atoms with Crippen LogP contribution in [0.25, 0.3) is 0 Å². The molecule has 0 saturated heterocycles. The number of hydrogen-bond acceptors (Lipinski definition) is 13. The summed E-state index contributed by atoms with van der Waals surface area (Å²) in [6, 6.07) is 2.37. The maximum Gasteiger partial charge on any atom is 0.307 e. The summed E-state index contributed by atoms with van der Waals surface area (Å²) >= 11 is 0. The number of unbranched alkanes of at least 4 members (excludes halogenated alkanes) is 1. The summed E-state index contributed by atoms with van der Waals surface area (Å²) in [5, 5.41) is 22.0. The third-order valence-corrected chi connectivity index (χ3v) is 7.15. The van der Waals surface area contributed by atoms with Crippen LogP contribution in [0.15, 0.2) is 11.5 Å². The lowest BCUT2D eigenvalue weighted by molar-refractivity contribution is -0.153. The summed E-state index contributed by atoms with van der Waals surface area (Å²) in [6.45, 7) is 13.1. The van der Waals surface area contributed by atoms with Crippen LogP contribution >= 0.6 is 8.53 Å². The minimum atomic E-state index is -1.76. The van der Waals surface area contributed by atoms with E-state index in [1.54, 1.807) is 0 Å². The number of esters is 3. The fraction of sp³-hybridized carbons (Fsp3) is 0.741. The van der Waals surface area contributed by atoms with E-state index in [1.165, 1.54) is 13.8 Å². The summed E-state index contributed by atoms with van der Waals surface area (Å²) in [5.41, 5.74) is -0.332. The molecule has 0 aromatic carbocycles. The number of carbonyl (C=O) groups excluding carboxylic acids is 4. The van der Waals surface area contributed by atoms with Crippen molar-refractivity contribution in [3.05, 3.63) is 11.5 Å². The largest absolute Gasteiger partial charge is 0.466 e. The van der Waals surface area contributed by atoms with Gasteiger partial charge in [-0.3, -0.25) is 19.2 Å². The van der Waals surface area contributed by atoms with Crippen molar-refractivity contribution in [3.8, 4) is 6.07 Å². The Hall–Kier alpha value is -2.66. The number of nitriles is 1. The smallest absolute Gasteiger partial charge is 0.307 e. The number of hydrogen-bond donors (Lipinski definition) is 2. The molecule has 42 heavy (non-hydrogen) atoms. The minimum Gasteiger partial charge on any atom is -0.466 e. The Morgan fingerprint density at radius 3 is 1.98 bits per heavy atom. The standard InChI is InChI=1S/C27H46N3O11P/c1-18(2)30(19(3)4)42(39-16-11-13-28)38-15-10-9-14-37-27(35)25(29-20(5)31)26(41-23(8)34)24(40-22(7)33)12-17-36-21(6)32/h18-19,24,27,35H,9-12,14-17H2,1-8H3,(H,29,31)/b26-25+/t24-,27-,42?/m0/s1. The van der Waals surface area contributed by atoms with Gasteiger partial charge in [-0.1, -0.05) is 0 Å². The molecular formula is C27H46N3O11P. The zero-order valence-electron chi connectivity index (χ0n) is 25.8. The SMILES string of the molecule is CC(=O)N/C(=C(/OC(C)=O)[C@H](CCOC(C)=O)OC(C)=O)[C@@H](O)OCCCCOP(OCCC#N)N(C(C)C)C(C)C. The number of nitrogens with zero attached hydrogens (tertiary/aromatic N) is 2. The molecule has 2 N–H and O–H groups in total. The molecule has 0 fully saturated rings. The van der Waals surface area contributed by atoms with Gasteiger partial charge in [0.25, 0.3) is 8.53 Å². The maximum absolute atomic E-state index is 11.9. The quantitative estimate of drug-likeness (QED) is 0.0477. The molecule has 0 bridgehead atoms. The second-order valence-electron chi connectivity index (χ2n) is 9.59. The second kappa shape index (κ2) is 22.0. The fourth-order valence-electron chi connectivity index (χ4n) is 3.58. The van der Waals surface area contributed by atoms with Gasteiger partial charge in [0.2, 0.25) is 5.91 Å². The first-order valence-electron chi connectivity index (χ1n) is 13.7. The Kier molecular flexibility index (Phi) is 20.6. The third-order valence-electron chi connectivity index (χ3n) is 5.04. The van der Waals surface area contributed by atoms with Crippen molar-refractivity contribution in [3.63, 3.8) is 0 Å². The van der Waals surface area contributed by atoms with Crippen LogP contribution in [0.1, 0.15) is 81.1 Å². The van der Waals surface area contributed by atoms with E-state index in [9.17, 15) is 24.3 Å². The van der Waals surface area contributed by atoms with Gasteiger partial charge in [-0.25, -0.2) is 4.67 Å². The fourth-order valence-corrected chi connectivity index (χ4v) is 5.20. The molecule has 0 aliphatic carbocycles. The highest BCUT2D eigenvalue weighted by Crippen LogP contribution is 2.46. The van der Waals surface area contributed by atoms with Gasteiger partial charge in [0.1, 0.15) is 5.70 Å². The Balaban J connectivity index is 5.55. The van der Waals surface area contributed by atoms with Crippen LogP contribution in [0.5, 0.6) is 0 Å². The molecule has 0 aromatic rings. The first-order valence-corrected chi connectivity index (χ1v) is 14.9. The van der Waals surface area contributed by atoms with Crippen LogP contribution < -0.4 is 5.32 Å². The number of aliphatic hydroxyl groups is 1. The summed E-state index contributed by atoms with van der Waals surface area (Å²) in [6.07, 6.45) is -1.95. The summed E-state index contributed by atoms with van der Waals surface area (Å²) < 4.78 is 34.9. The van der Waals surface area contributed by atoms with E-state index in [1.807, 2.05) is 27.7 Å². The van der Waals surface area contributed by atoms with Crippen LogP contribution in [0.3, 0.4) is 0 Å². The molecule has 0 aliphatic heterocycles. The zero-order valence-corrected chi connectivity index (χ0v) is 26.7. The highest BCUT2D eigenvalue weighted by Gasteiger charge is 2.30. The number of aliphatic hydroxyl groups excluding tert-OH is 1. The topological polar surface area (TPSA) is 183 Å². The van der Waals surface area contributed by atoms with Gasteiger partial charge >= 0.3 is 17.9 Å². The van der Waals surface area contributed by atoms with Gasteiger partial charge in [-0.15, -0.1) is 0 Å². The Morgan fingerprint density at radius 2 is 1.48 bits per heavy atom. The molecule has 14 nitrogen and oxygen atoms in total. The second-order valence-corrected chi connectivity index (χ2v) is 11.0. The van der Waals surface area contributed by atoms with E-state index in [2.05, 4.69) is 16.1 Å². The average Bonchev–Trinajstić information content (AvgIpc) is 2.86. The third kappa shape index (κ3) is 17.3. The van der Waals surface area contributed by atoms with E-state index in [4.69, 9.17) is 33.3 Å². The molecular weight excluding hydrogens is 573 g/mol. The molecule has 0 heterocycles. The zero-order chi connectivity index (χ0) is 32.2. The predicted molar refractivity (Wildman–Crippen MR) is 152 cm³/mol. The van der Waals surface area contributed by atoms with Gasteiger partial charge < -0.3 is 38.4 Å². The van der Waals surface area contributed by atoms with E-state index >= 15 is 0 Å². The van der Waals surface area contributed by atoms with Gasteiger partial charge in [0.15, 0.2) is 18.2 Å². The Morgan fingerprint density at radius 1 is 0.881 bits per heavy atom. The Bertz CT molecular complexity index is 929. The molecule has 240 valence electrons. The highest BCUT2D eigenvalue weighted by atomic mass is 31.2. The van der Waals surface area contributed by atoms with Crippen molar-refractivity contribution < 1.29 is 52.3 Å². The summed E-state index contributed by atoms with van der Waals surface area (Å²) in [7, 11) is -1.39. The van der Waals surface area contributed by atoms with Crippen LogP contribution in [0, 0.1) is 11.3 Å². The molecule has 0 saturated carbocycles. The summed E-state index contributed by atoms with van der Waals surface area (Å²) in [4.78, 5) is 46.8. The molecule has 3 atom stereocenters. The highest BCUT2D eigenvalue weighted by molar-refractivity contribution is 7.44. The van der Waals surface area contributed by atoms with Crippen molar-refractivity contribution in [2.45, 2.75) is 106 Å². The lowest BCUT2D eigenvalue weighted by Crippen LogP contribution is -2.36. The average molecular weight is 620 g/mol. The number of amides is 1. The van der Waals surface area contributed by atoms with Crippen molar-refractivity contribution in [1.82, 2.24) is 9.99 Å². The molecule has 15 heteroatoms. The molecule has 1 unspecified atom stereocenters. The van der Waals surface area contributed by atoms with Gasteiger partial charge in [0, 0.05) is 46.2 Å². The van der Waals surface area contributed by atoms with E-state index in [0.717, 1.165) is 13.8 Å². The molecule has 0 radical (unpaired) electrons. The number of ether oxygens (including phenoxy) is 4. The van der Waals surface area contributed by atoms with Crippen LogP contribution in [0.4, 0.5) is 0 Å². The number of nitrogens with one attached hydrogen (secondary N) is 1. The number of carbonyl (C=O) groups is 4. The van der Waals surface area contributed by atoms with Crippen LogP contribution in [-0.4, -0.2) is 84.5 Å². The van der Waals surface area contributed by atoms with E-state index in [-0.39, 0.29) is 56.2 Å². The van der Waals surface area contributed by atoms with Crippen molar-refractivity contribution in [1.29, 1.82) is 5.26 Å². The summed E-state index contributed by atoms with van der Waals surface area (Å²) in [5.74, 6) is -3.11. The molecule has 1 amide bonds. The van der Waals surface area contributed by atoms with Gasteiger partial charge in [0.05, 0.1) is 38.9 Å². The maximum atomic E-state index is 11.9. The molecule has 0 aromatic heterocycles. The first kappa shape index (κ1) is 39.3. The molecule has 0 aliphatic rings. The normalized spacial score (nSPS) is 14.1. The van der Waals surface area contributed by atoms with E-state index < -0.39 is 44.7 Å². The van der Waals surface area contributed by atoms with E-state index in [0.29, 0.717) is 19.4 Å². The van der Waals surface area contributed by atoms with Crippen molar-refractivity contribution in [2.75, 3.05) is 26.4 Å². The van der Waals surface area contributed by atoms with Crippen molar-refractivity contribution in [2.24, 2.45) is 0 Å².